The number of carboxylic acids is 2. The molecule has 3 amide bonds. The van der Waals surface area contributed by atoms with Crippen LogP contribution in [-0.2, 0) is 19.2 Å². The second-order valence-electron chi connectivity index (χ2n) is 5.54. The summed E-state index contributed by atoms with van der Waals surface area (Å²) in [6.07, 6.45) is -0.101. The van der Waals surface area contributed by atoms with Crippen molar-refractivity contribution in [2.75, 3.05) is 10.7 Å². The topological polar surface area (TPSA) is 141 Å². The third-order valence-electron chi connectivity index (χ3n) is 3.62. The highest BCUT2D eigenvalue weighted by Crippen LogP contribution is 2.30. The van der Waals surface area contributed by atoms with Crippen molar-refractivity contribution in [3.8, 4) is 0 Å². The number of carboxylic acid groups (broad SMARTS) is 2. The quantitative estimate of drug-likeness (QED) is 0.575. The molecular weight excluding hydrogens is 364 g/mol. The number of carbonyl (C=O) groups is 5. The van der Waals surface area contributed by atoms with Crippen molar-refractivity contribution in [1.82, 2.24) is 5.32 Å². The lowest BCUT2D eigenvalue weighted by Gasteiger charge is -2.16. The van der Waals surface area contributed by atoms with Gasteiger partial charge in [0.15, 0.2) is 0 Å². The number of amides is 3. The molecule has 1 aliphatic heterocycles. The maximum atomic E-state index is 12.5. The summed E-state index contributed by atoms with van der Waals surface area (Å²) in [5, 5.41) is 19.5. The molecule has 2 unspecified atom stereocenters. The van der Waals surface area contributed by atoms with Gasteiger partial charge in [-0.05, 0) is 24.3 Å². The van der Waals surface area contributed by atoms with Gasteiger partial charge in [0.2, 0.25) is 17.7 Å². The van der Waals surface area contributed by atoms with Crippen molar-refractivity contribution >= 4 is 47.1 Å². The predicted octanol–water partition coefficient (Wildman–Crippen LogP) is 0.339. The molecule has 1 fully saturated rings. The van der Waals surface area contributed by atoms with Crippen molar-refractivity contribution in [2.24, 2.45) is 0 Å². The molecule has 0 bridgehead atoms. The molecule has 1 saturated heterocycles. The van der Waals surface area contributed by atoms with Crippen molar-refractivity contribution in [1.29, 1.82) is 0 Å². The lowest BCUT2D eigenvalue weighted by atomic mass is 10.2. The summed E-state index contributed by atoms with van der Waals surface area (Å²) in [5.74, 6) is -3.89. The fourth-order valence-electron chi connectivity index (χ4n) is 2.39. The van der Waals surface area contributed by atoms with E-state index in [2.05, 4.69) is 5.32 Å². The number of hydrogen-bond donors (Lipinski definition) is 3. The summed E-state index contributed by atoms with van der Waals surface area (Å²) in [4.78, 5) is 58.6. The lowest BCUT2D eigenvalue weighted by Crippen LogP contribution is -2.42. The Balaban J connectivity index is 2.07. The van der Waals surface area contributed by atoms with Gasteiger partial charge in [-0.15, -0.1) is 11.8 Å². The van der Waals surface area contributed by atoms with Crippen LogP contribution in [0.3, 0.4) is 0 Å². The van der Waals surface area contributed by atoms with Crippen LogP contribution in [0.2, 0.25) is 0 Å². The molecule has 138 valence electrons. The van der Waals surface area contributed by atoms with Crippen LogP contribution in [0.1, 0.15) is 23.7 Å². The summed E-state index contributed by atoms with van der Waals surface area (Å²) in [6, 6.07) is 4.14. The molecule has 2 atom stereocenters. The molecule has 0 spiro atoms. The molecule has 10 heteroatoms. The van der Waals surface area contributed by atoms with E-state index in [0.717, 1.165) is 16.7 Å². The number of hydrogen-bond acceptors (Lipinski definition) is 6. The van der Waals surface area contributed by atoms with Gasteiger partial charge in [0.1, 0.15) is 6.04 Å². The lowest BCUT2D eigenvalue weighted by molar-refractivity contribution is -0.140. The number of rotatable bonds is 7. The first-order chi connectivity index (χ1) is 12.2. The Labute approximate surface area is 152 Å². The third kappa shape index (κ3) is 4.39. The Morgan fingerprint density at radius 1 is 1.23 bits per heavy atom. The third-order valence-corrected chi connectivity index (χ3v) is 4.91. The van der Waals surface area contributed by atoms with Crippen LogP contribution in [-0.4, -0.2) is 56.9 Å². The first kappa shape index (κ1) is 19.4. The zero-order valence-electron chi connectivity index (χ0n) is 13.7. The monoisotopic (exact) mass is 380 g/mol. The SMILES string of the molecule is CC(=O)NC(CSC1CC(=O)N(c2ccc(C(=O)O)cc2)C1=O)C(=O)O. The number of carbonyl (C=O) groups excluding carboxylic acids is 3. The van der Waals surface area contributed by atoms with Crippen LogP contribution >= 0.6 is 11.8 Å². The second-order valence-corrected chi connectivity index (χ2v) is 6.77. The number of nitrogens with zero attached hydrogens (tertiary/aromatic N) is 1. The van der Waals surface area contributed by atoms with Gasteiger partial charge in [0.05, 0.1) is 16.5 Å². The average molecular weight is 380 g/mol. The standard InChI is InChI=1S/C16H16N2O7S/c1-8(19)17-11(16(24)25)7-26-12-6-13(20)18(14(12)21)10-4-2-9(3-5-10)15(22)23/h2-5,11-12H,6-7H2,1H3,(H,17,19)(H,22,23)(H,24,25). The average Bonchev–Trinajstić information content (AvgIpc) is 2.85. The number of aromatic carboxylic acids is 1. The van der Waals surface area contributed by atoms with E-state index in [4.69, 9.17) is 10.2 Å². The van der Waals surface area contributed by atoms with E-state index in [1.54, 1.807) is 0 Å². The zero-order chi connectivity index (χ0) is 19.4. The van der Waals surface area contributed by atoms with Crippen molar-refractivity contribution in [2.45, 2.75) is 24.6 Å². The van der Waals surface area contributed by atoms with E-state index in [9.17, 15) is 24.0 Å². The number of thioether (sulfide) groups is 1. The Bertz CT molecular complexity index is 762. The molecule has 3 N–H and O–H groups in total. The Hall–Kier alpha value is -2.88. The first-order valence-electron chi connectivity index (χ1n) is 7.52. The molecule has 1 aliphatic rings. The molecule has 1 aromatic rings. The molecule has 0 aromatic heterocycles. The molecule has 0 aliphatic carbocycles. The van der Waals surface area contributed by atoms with E-state index in [0.29, 0.717) is 0 Å². The van der Waals surface area contributed by atoms with Crippen molar-refractivity contribution in [3.63, 3.8) is 0 Å². The molecule has 2 rings (SSSR count). The predicted molar refractivity (Wildman–Crippen MR) is 92.0 cm³/mol. The van der Waals surface area contributed by atoms with E-state index >= 15 is 0 Å². The van der Waals surface area contributed by atoms with Crippen LogP contribution in [0, 0.1) is 0 Å². The van der Waals surface area contributed by atoms with E-state index < -0.39 is 41.0 Å². The van der Waals surface area contributed by atoms with Crippen molar-refractivity contribution in [3.05, 3.63) is 29.8 Å². The smallest absolute Gasteiger partial charge is 0.335 e. The molecule has 0 radical (unpaired) electrons. The molecule has 1 aromatic carbocycles. The highest BCUT2D eigenvalue weighted by Gasteiger charge is 2.40. The Morgan fingerprint density at radius 2 is 1.85 bits per heavy atom. The zero-order valence-corrected chi connectivity index (χ0v) is 14.5. The fraction of sp³-hybridized carbons (Fsp3) is 0.312. The van der Waals surface area contributed by atoms with Crippen LogP contribution in [0.15, 0.2) is 24.3 Å². The fourth-order valence-corrected chi connectivity index (χ4v) is 3.55. The largest absolute Gasteiger partial charge is 0.480 e. The maximum absolute atomic E-state index is 12.5. The summed E-state index contributed by atoms with van der Waals surface area (Å²) in [5.41, 5.74) is 0.281. The van der Waals surface area contributed by atoms with Crippen molar-refractivity contribution < 1.29 is 34.2 Å². The number of benzene rings is 1. The minimum atomic E-state index is -1.23. The molecule has 0 saturated carbocycles. The van der Waals surface area contributed by atoms with Gasteiger partial charge in [-0.25, -0.2) is 14.5 Å². The first-order valence-corrected chi connectivity index (χ1v) is 8.57. The van der Waals surface area contributed by atoms with Gasteiger partial charge in [0.25, 0.3) is 0 Å². The van der Waals surface area contributed by atoms with Gasteiger partial charge < -0.3 is 15.5 Å². The van der Waals surface area contributed by atoms with E-state index in [1.165, 1.54) is 31.2 Å². The van der Waals surface area contributed by atoms with Gasteiger partial charge in [0, 0.05) is 19.1 Å². The summed E-state index contributed by atoms with van der Waals surface area (Å²) >= 11 is 0.979. The molecule has 26 heavy (non-hydrogen) atoms. The molecule has 9 nitrogen and oxygen atoms in total. The van der Waals surface area contributed by atoms with Gasteiger partial charge in [-0.1, -0.05) is 0 Å². The minimum absolute atomic E-state index is 0.0263. The van der Waals surface area contributed by atoms with E-state index in [1.807, 2.05) is 0 Å². The number of anilines is 1. The van der Waals surface area contributed by atoms with Crippen LogP contribution < -0.4 is 10.2 Å². The maximum Gasteiger partial charge on any atom is 0.335 e. The molecule has 1 heterocycles. The van der Waals surface area contributed by atoms with Crippen LogP contribution in [0.5, 0.6) is 0 Å². The van der Waals surface area contributed by atoms with Gasteiger partial charge in [-0.3, -0.25) is 14.4 Å². The van der Waals surface area contributed by atoms with Gasteiger partial charge >= 0.3 is 11.9 Å². The number of aliphatic carboxylic acids is 1. The minimum Gasteiger partial charge on any atom is -0.480 e. The highest BCUT2D eigenvalue weighted by atomic mass is 32.2. The summed E-state index contributed by atoms with van der Waals surface area (Å²) in [7, 11) is 0. The van der Waals surface area contributed by atoms with E-state index in [-0.39, 0.29) is 23.4 Å². The van der Waals surface area contributed by atoms with Gasteiger partial charge in [-0.2, -0.15) is 0 Å². The van der Waals surface area contributed by atoms with Crippen LogP contribution in [0.25, 0.3) is 0 Å². The highest BCUT2D eigenvalue weighted by molar-refractivity contribution is 8.00. The Morgan fingerprint density at radius 3 is 2.35 bits per heavy atom. The Kier molecular flexibility index (Phi) is 5.98. The van der Waals surface area contributed by atoms with Crippen LogP contribution in [0.4, 0.5) is 5.69 Å². The second kappa shape index (κ2) is 8.00. The summed E-state index contributed by atoms with van der Waals surface area (Å²) < 4.78 is 0. The number of nitrogens with one attached hydrogen (secondary N) is 1. The normalized spacial score (nSPS) is 17.9. The number of imide groups is 1. The summed E-state index contributed by atoms with van der Waals surface area (Å²) in [6.45, 7) is 1.19. The molecular formula is C16H16N2O7S.